The highest BCUT2D eigenvalue weighted by molar-refractivity contribution is 7.92. The Morgan fingerprint density at radius 1 is 1.04 bits per heavy atom. The maximum Gasteiger partial charge on any atom is 0.257 e. The molecular weight excluding hydrogens is 374 g/mol. The minimum Gasteiger partial charge on any atom is -0.323 e. The second-order valence-electron chi connectivity index (χ2n) is 6.28. The lowest BCUT2D eigenvalue weighted by Gasteiger charge is -2.09. The zero-order chi connectivity index (χ0) is 19.1. The molecule has 2 aromatic heterocycles. The average Bonchev–Trinajstić information content (AvgIpc) is 2.88. The number of aryl methyl sites for hydroxylation is 2. The normalized spacial score (nSPS) is 11.5. The number of anilines is 2. The Morgan fingerprint density at radius 3 is 2.42 bits per heavy atom. The van der Waals surface area contributed by atoms with Gasteiger partial charge in [0.1, 0.15) is 0 Å². The van der Waals surface area contributed by atoms with Gasteiger partial charge in [-0.25, -0.2) is 8.42 Å². The lowest BCUT2D eigenvalue weighted by atomic mass is 10.2. The molecule has 2 heterocycles. The fourth-order valence-corrected chi connectivity index (χ4v) is 3.62. The number of nitrogens with one attached hydrogen (secondary N) is 2. The number of carbonyl (C=O) groups excluding carboxylic acids is 1. The molecule has 1 amide bonds. The quantitative estimate of drug-likeness (QED) is 0.709. The van der Waals surface area contributed by atoms with Crippen molar-refractivity contribution in [1.82, 2.24) is 4.40 Å². The van der Waals surface area contributed by atoms with Gasteiger partial charge < -0.3 is 9.72 Å². The lowest BCUT2D eigenvalue weighted by Crippen LogP contribution is -2.13. The Labute approximate surface area is 156 Å². The topological polar surface area (TPSA) is 79.7 Å². The van der Waals surface area contributed by atoms with Gasteiger partial charge in [-0.2, -0.15) is 0 Å². The summed E-state index contributed by atoms with van der Waals surface area (Å²) in [5.41, 5.74) is 4.30. The molecule has 2 N–H and O–H groups in total. The van der Waals surface area contributed by atoms with Crippen molar-refractivity contribution in [2.24, 2.45) is 0 Å². The van der Waals surface area contributed by atoms with E-state index in [9.17, 15) is 13.2 Å². The summed E-state index contributed by atoms with van der Waals surface area (Å²) < 4.78 is 27.0. The van der Waals surface area contributed by atoms with E-state index in [1.165, 1.54) is 12.1 Å². The third-order valence-electron chi connectivity index (χ3n) is 3.76. The van der Waals surface area contributed by atoms with Crippen LogP contribution in [0.3, 0.4) is 0 Å². The predicted molar refractivity (Wildman–Crippen MR) is 105 cm³/mol. The molecule has 0 saturated heterocycles. The smallest absolute Gasteiger partial charge is 0.257 e. The van der Waals surface area contributed by atoms with E-state index in [1.807, 2.05) is 30.5 Å². The Morgan fingerprint density at radius 2 is 1.73 bits per heavy atom. The first-order valence-electron chi connectivity index (χ1n) is 7.79. The zero-order valence-electron chi connectivity index (χ0n) is 14.5. The molecule has 0 unspecified atom stereocenters. The van der Waals surface area contributed by atoms with Crippen molar-refractivity contribution < 1.29 is 13.2 Å². The highest BCUT2D eigenvalue weighted by Crippen LogP contribution is 2.24. The molecule has 0 aliphatic heterocycles. The van der Waals surface area contributed by atoms with Crippen molar-refractivity contribution in [3.63, 3.8) is 0 Å². The fraction of sp³-hybridized carbons (Fsp3) is 0.167. The van der Waals surface area contributed by atoms with Crippen LogP contribution >= 0.6 is 11.6 Å². The zero-order valence-corrected chi connectivity index (χ0v) is 16.1. The van der Waals surface area contributed by atoms with Crippen LogP contribution in [0.4, 0.5) is 11.4 Å². The molecule has 0 bridgehead atoms. The molecule has 0 spiro atoms. The van der Waals surface area contributed by atoms with E-state index in [2.05, 4.69) is 16.1 Å². The third kappa shape index (κ3) is 4.17. The lowest BCUT2D eigenvalue weighted by molar-refractivity contribution is 0.102. The molecule has 0 atom stereocenters. The van der Waals surface area contributed by atoms with E-state index in [1.54, 1.807) is 12.3 Å². The van der Waals surface area contributed by atoms with Crippen molar-refractivity contribution in [2.75, 3.05) is 16.3 Å². The number of pyridine rings is 1. The molecular formula is C18H18ClN3O3S. The first-order chi connectivity index (χ1) is 12.1. The molecule has 0 radical (unpaired) electrons. The number of benzene rings is 1. The van der Waals surface area contributed by atoms with Crippen LogP contribution in [-0.2, 0) is 10.0 Å². The minimum absolute atomic E-state index is 0.281. The Hall–Kier alpha value is -2.51. The number of halogens is 1. The number of rotatable bonds is 4. The van der Waals surface area contributed by atoms with Gasteiger partial charge in [0.2, 0.25) is 10.0 Å². The third-order valence-corrected chi connectivity index (χ3v) is 4.59. The van der Waals surface area contributed by atoms with Gasteiger partial charge in [0.25, 0.3) is 5.91 Å². The number of hydrogen-bond acceptors (Lipinski definition) is 3. The number of fused-ring (bicyclic) bond motifs is 1. The summed E-state index contributed by atoms with van der Waals surface area (Å²) in [7, 11) is -3.44. The van der Waals surface area contributed by atoms with Crippen LogP contribution < -0.4 is 10.0 Å². The summed E-state index contributed by atoms with van der Waals surface area (Å²) in [6.07, 6.45) is 4.75. The van der Waals surface area contributed by atoms with E-state index in [4.69, 9.17) is 11.6 Å². The van der Waals surface area contributed by atoms with Gasteiger partial charge >= 0.3 is 0 Å². The van der Waals surface area contributed by atoms with E-state index in [-0.39, 0.29) is 11.6 Å². The van der Waals surface area contributed by atoms with Crippen molar-refractivity contribution in [3.8, 4) is 0 Å². The van der Waals surface area contributed by atoms with Crippen LogP contribution in [0.2, 0.25) is 5.02 Å². The van der Waals surface area contributed by atoms with Crippen LogP contribution in [0.15, 0.2) is 42.7 Å². The molecule has 3 aromatic rings. The minimum atomic E-state index is -3.44. The molecule has 0 fully saturated rings. The van der Waals surface area contributed by atoms with Gasteiger partial charge in [-0.15, -0.1) is 0 Å². The summed E-state index contributed by atoms with van der Waals surface area (Å²) >= 11 is 6.02. The second kappa shape index (κ2) is 6.66. The monoisotopic (exact) mass is 391 g/mol. The van der Waals surface area contributed by atoms with Gasteiger partial charge in [0, 0.05) is 28.6 Å². The SMILES string of the molecule is Cc1cc(C)c2cc(C(=O)Nc3cc(Cl)cc(NS(C)(=O)=O)c3)cn2c1. The van der Waals surface area contributed by atoms with E-state index >= 15 is 0 Å². The Kier molecular flexibility index (Phi) is 4.68. The Balaban J connectivity index is 1.89. The standard InChI is InChI=1S/C18H18ClN3O3S/c1-11-4-12(2)17-5-13(10-22(17)9-11)18(23)20-15-6-14(19)7-16(8-15)21-26(3,24)25/h4-10,21H,1-3H3,(H,20,23). The first kappa shape index (κ1) is 18.3. The van der Waals surface area contributed by atoms with E-state index in [0.29, 0.717) is 16.3 Å². The number of nitrogens with zero attached hydrogens (tertiary/aromatic N) is 1. The number of aromatic nitrogens is 1. The maximum atomic E-state index is 12.6. The molecule has 6 nitrogen and oxygen atoms in total. The van der Waals surface area contributed by atoms with Gasteiger partial charge in [-0.1, -0.05) is 17.7 Å². The number of hydrogen-bond donors (Lipinski definition) is 2. The van der Waals surface area contributed by atoms with Crippen molar-refractivity contribution in [3.05, 3.63) is 64.4 Å². The summed E-state index contributed by atoms with van der Waals surface area (Å²) in [6.45, 7) is 3.98. The average molecular weight is 392 g/mol. The first-order valence-corrected chi connectivity index (χ1v) is 10.1. The molecule has 0 aliphatic rings. The molecule has 26 heavy (non-hydrogen) atoms. The van der Waals surface area contributed by atoms with Crippen LogP contribution in [0.5, 0.6) is 0 Å². The van der Waals surface area contributed by atoms with Crippen LogP contribution in [0.25, 0.3) is 5.52 Å². The molecule has 1 aromatic carbocycles. The molecule has 8 heteroatoms. The molecule has 3 rings (SSSR count). The van der Waals surface area contributed by atoms with Crippen LogP contribution in [0, 0.1) is 13.8 Å². The molecule has 136 valence electrons. The van der Waals surface area contributed by atoms with Gasteiger partial charge in [0.05, 0.1) is 17.5 Å². The van der Waals surface area contributed by atoms with Crippen molar-refractivity contribution >= 4 is 44.4 Å². The summed E-state index contributed by atoms with van der Waals surface area (Å²) in [5.74, 6) is -0.307. The maximum absolute atomic E-state index is 12.6. The number of carbonyl (C=O) groups is 1. The van der Waals surface area contributed by atoms with Gasteiger partial charge in [0.15, 0.2) is 0 Å². The molecule has 0 aliphatic carbocycles. The largest absolute Gasteiger partial charge is 0.323 e. The number of sulfonamides is 1. The second-order valence-corrected chi connectivity index (χ2v) is 8.46. The van der Waals surface area contributed by atoms with Crippen molar-refractivity contribution in [1.29, 1.82) is 0 Å². The predicted octanol–water partition coefficient (Wildman–Crippen LogP) is 3.83. The van der Waals surface area contributed by atoms with Crippen LogP contribution in [-0.4, -0.2) is 25.0 Å². The van der Waals surface area contributed by atoms with Gasteiger partial charge in [-0.05, 0) is 49.2 Å². The fourth-order valence-electron chi connectivity index (χ4n) is 2.84. The summed E-state index contributed by atoms with van der Waals surface area (Å²) in [4.78, 5) is 12.6. The van der Waals surface area contributed by atoms with E-state index < -0.39 is 10.0 Å². The van der Waals surface area contributed by atoms with Crippen LogP contribution in [0.1, 0.15) is 21.5 Å². The Bertz CT molecular complexity index is 1120. The number of amides is 1. The van der Waals surface area contributed by atoms with Gasteiger partial charge in [-0.3, -0.25) is 9.52 Å². The van der Waals surface area contributed by atoms with E-state index in [0.717, 1.165) is 22.9 Å². The van der Waals surface area contributed by atoms with Crippen molar-refractivity contribution in [2.45, 2.75) is 13.8 Å². The summed E-state index contributed by atoms with van der Waals surface area (Å²) in [6, 6.07) is 8.40. The highest BCUT2D eigenvalue weighted by atomic mass is 35.5. The molecule has 0 saturated carbocycles. The highest BCUT2D eigenvalue weighted by Gasteiger charge is 2.12. The summed E-state index contributed by atoms with van der Waals surface area (Å²) in [5, 5.41) is 3.06.